The highest BCUT2D eigenvalue weighted by Crippen LogP contribution is 2.35. The van der Waals surface area contributed by atoms with Gasteiger partial charge < -0.3 is 9.42 Å². The summed E-state index contributed by atoms with van der Waals surface area (Å²) in [6.07, 6.45) is 3.60. The standard InChI is InChI=1S/C21H22N4O2/c1-14-12-19(27-24-14)18-13-22-21(17-6-4-3-5-7-17)23-20(18)16-8-10-25(11-9-16)15(2)26/h3-7,12-13,16H,8-11H2,1-2H3. The van der Waals surface area contributed by atoms with Crippen molar-refractivity contribution in [3.8, 4) is 22.7 Å². The molecule has 0 atom stereocenters. The van der Waals surface area contributed by atoms with Crippen molar-refractivity contribution < 1.29 is 9.32 Å². The monoisotopic (exact) mass is 362 g/mol. The van der Waals surface area contributed by atoms with Gasteiger partial charge in [0.15, 0.2) is 11.6 Å². The number of hydrogen-bond acceptors (Lipinski definition) is 5. The van der Waals surface area contributed by atoms with Crippen LogP contribution in [0.3, 0.4) is 0 Å². The zero-order valence-corrected chi connectivity index (χ0v) is 15.6. The Labute approximate surface area is 158 Å². The average molecular weight is 362 g/mol. The van der Waals surface area contributed by atoms with E-state index in [2.05, 4.69) is 10.1 Å². The number of carbonyl (C=O) groups excluding carboxylic acids is 1. The number of rotatable bonds is 3. The third-order valence-corrected chi connectivity index (χ3v) is 5.07. The van der Waals surface area contributed by atoms with Crippen molar-refractivity contribution in [2.24, 2.45) is 0 Å². The lowest BCUT2D eigenvalue weighted by atomic mass is 9.90. The van der Waals surface area contributed by atoms with E-state index in [0.717, 1.165) is 48.4 Å². The Bertz CT molecular complexity index is 944. The van der Waals surface area contributed by atoms with E-state index >= 15 is 0 Å². The molecule has 0 N–H and O–H groups in total. The summed E-state index contributed by atoms with van der Waals surface area (Å²) in [5.41, 5.74) is 3.68. The molecule has 3 aromatic rings. The van der Waals surface area contributed by atoms with E-state index in [1.54, 1.807) is 6.92 Å². The molecule has 1 fully saturated rings. The van der Waals surface area contributed by atoms with Gasteiger partial charge in [0.05, 0.1) is 17.0 Å². The minimum atomic E-state index is 0.132. The molecule has 1 aliphatic heterocycles. The summed E-state index contributed by atoms with van der Waals surface area (Å²) in [7, 11) is 0. The fraction of sp³-hybridized carbons (Fsp3) is 0.333. The molecule has 1 aromatic carbocycles. The van der Waals surface area contributed by atoms with Crippen LogP contribution in [0.15, 0.2) is 47.1 Å². The second-order valence-corrected chi connectivity index (χ2v) is 6.97. The number of carbonyl (C=O) groups is 1. The van der Waals surface area contributed by atoms with Crippen LogP contribution in [0.5, 0.6) is 0 Å². The molecule has 3 heterocycles. The highest BCUT2D eigenvalue weighted by molar-refractivity contribution is 5.73. The number of likely N-dealkylation sites (tertiary alicyclic amines) is 1. The molecule has 1 saturated heterocycles. The van der Waals surface area contributed by atoms with Gasteiger partial charge in [-0.15, -0.1) is 0 Å². The van der Waals surface area contributed by atoms with E-state index < -0.39 is 0 Å². The Kier molecular flexibility index (Phi) is 4.71. The summed E-state index contributed by atoms with van der Waals surface area (Å²) < 4.78 is 5.49. The minimum absolute atomic E-state index is 0.132. The molecule has 0 saturated carbocycles. The Morgan fingerprint density at radius 1 is 1.19 bits per heavy atom. The molecule has 6 nitrogen and oxygen atoms in total. The Morgan fingerprint density at radius 3 is 2.56 bits per heavy atom. The number of aryl methyl sites for hydroxylation is 1. The molecule has 0 unspecified atom stereocenters. The van der Waals surface area contributed by atoms with Gasteiger partial charge in [0, 0.05) is 43.8 Å². The highest BCUT2D eigenvalue weighted by Gasteiger charge is 2.27. The van der Waals surface area contributed by atoms with Crippen LogP contribution >= 0.6 is 0 Å². The van der Waals surface area contributed by atoms with Crippen molar-refractivity contribution in [1.82, 2.24) is 20.0 Å². The zero-order chi connectivity index (χ0) is 18.8. The normalized spacial score (nSPS) is 15.1. The minimum Gasteiger partial charge on any atom is -0.356 e. The number of benzene rings is 1. The molecular formula is C21H22N4O2. The quantitative estimate of drug-likeness (QED) is 0.708. The first-order chi connectivity index (χ1) is 13.1. The van der Waals surface area contributed by atoms with Gasteiger partial charge in [0.25, 0.3) is 0 Å². The van der Waals surface area contributed by atoms with Crippen molar-refractivity contribution in [2.75, 3.05) is 13.1 Å². The summed E-state index contributed by atoms with van der Waals surface area (Å²) >= 11 is 0. The zero-order valence-electron chi connectivity index (χ0n) is 15.6. The summed E-state index contributed by atoms with van der Waals surface area (Å²) in [4.78, 5) is 23.0. The van der Waals surface area contributed by atoms with Gasteiger partial charge in [-0.05, 0) is 19.8 Å². The van der Waals surface area contributed by atoms with Crippen LogP contribution in [0.25, 0.3) is 22.7 Å². The van der Waals surface area contributed by atoms with E-state index in [9.17, 15) is 4.79 Å². The molecule has 1 aliphatic rings. The predicted octanol–water partition coefficient (Wildman–Crippen LogP) is 3.83. The van der Waals surface area contributed by atoms with Crippen molar-refractivity contribution in [2.45, 2.75) is 32.6 Å². The maximum Gasteiger partial charge on any atom is 0.219 e. The number of hydrogen-bond donors (Lipinski definition) is 0. The van der Waals surface area contributed by atoms with Gasteiger partial charge in [-0.25, -0.2) is 9.97 Å². The maximum atomic E-state index is 11.6. The first-order valence-electron chi connectivity index (χ1n) is 9.23. The molecule has 1 amide bonds. The second kappa shape index (κ2) is 7.31. The van der Waals surface area contributed by atoms with Gasteiger partial charge in [-0.3, -0.25) is 4.79 Å². The Hall–Kier alpha value is -3.02. The lowest BCUT2D eigenvalue weighted by Crippen LogP contribution is -2.36. The third-order valence-electron chi connectivity index (χ3n) is 5.07. The predicted molar refractivity (Wildman–Crippen MR) is 102 cm³/mol. The van der Waals surface area contributed by atoms with E-state index in [-0.39, 0.29) is 11.8 Å². The number of nitrogens with zero attached hydrogens (tertiary/aromatic N) is 4. The summed E-state index contributed by atoms with van der Waals surface area (Å²) in [6, 6.07) is 11.9. The van der Waals surface area contributed by atoms with E-state index in [1.165, 1.54) is 0 Å². The van der Waals surface area contributed by atoms with E-state index in [0.29, 0.717) is 11.6 Å². The Balaban J connectivity index is 1.73. The number of piperidine rings is 1. The van der Waals surface area contributed by atoms with E-state index in [1.807, 2.05) is 54.4 Å². The van der Waals surface area contributed by atoms with Gasteiger partial charge in [0.1, 0.15) is 0 Å². The molecule has 138 valence electrons. The molecular weight excluding hydrogens is 340 g/mol. The van der Waals surface area contributed by atoms with Gasteiger partial charge >= 0.3 is 0 Å². The first-order valence-corrected chi connectivity index (χ1v) is 9.23. The summed E-state index contributed by atoms with van der Waals surface area (Å²) in [5.74, 6) is 1.79. The average Bonchev–Trinajstić information content (AvgIpc) is 3.14. The molecule has 27 heavy (non-hydrogen) atoms. The van der Waals surface area contributed by atoms with Crippen LogP contribution in [0.1, 0.15) is 37.1 Å². The largest absolute Gasteiger partial charge is 0.356 e. The van der Waals surface area contributed by atoms with Crippen LogP contribution in [-0.4, -0.2) is 39.0 Å². The van der Waals surface area contributed by atoms with Crippen molar-refractivity contribution in [1.29, 1.82) is 0 Å². The maximum absolute atomic E-state index is 11.6. The molecule has 6 heteroatoms. The lowest BCUT2D eigenvalue weighted by molar-refractivity contribution is -0.129. The number of amides is 1. The molecule has 2 aromatic heterocycles. The highest BCUT2D eigenvalue weighted by atomic mass is 16.5. The fourth-order valence-electron chi connectivity index (χ4n) is 3.58. The van der Waals surface area contributed by atoms with Gasteiger partial charge in [0.2, 0.25) is 5.91 Å². The smallest absolute Gasteiger partial charge is 0.219 e. The van der Waals surface area contributed by atoms with E-state index in [4.69, 9.17) is 9.51 Å². The fourth-order valence-corrected chi connectivity index (χ4v) is 3.58. The van der Waals surface area contributed by atoms with Crippen LogP contribution < -0.4 is 0 Å². The second-order valence-electron chi connectivity index (χ2n) is 6.97. The van der Waals surface area contributed by atoms with Gasteiger partial charge in [-0.1, -0.05) is 35.5 Å². The summed E-state index contributed by atoms with van der Waals surface area (Å²) in [5, 5.41) is 4.01. The van der Waals surface area contributed by atoms with Crippen LogP contribution in [0.2, 0.25) is 0 Å². The molecule has 0 aliphatic carbocycles. The summed E-state index contributed by atoms with van der Waals surface area (Å²) in [6.45, 7) is 5.03. The molecule has 4 rings (SSSR count). The van der Waals surface area contributed by atoms with Gasteiger partial charge in [-0.2, -0.15) is 0 Å². The first kappa shape index (κ1) is 17.4. The Morgan fingerprint density at radius 2 is 1.93 bits per heavy atom. The SMILES string of the molecule is CC(=O)N1CCC(c2nc(-c3ccccc3)ncc2-c2cc(C)no2)CC1. The molecule has 0 spiro atoms. The molecule has 0 radical (unpaired) electrons. The third kappa shape index (κ3) is 3.60. The lowest BCUT2D eigenvalue weighted by Gasteiger charge is -2.31. The van der Waals surface area contributed by atoms with Crippen molar-refractivity contribution >= 4 is 5.91 Å². The van der Waals surface area contributed by atoms with Crippen molar-refractivity contribution in [3.63, 3.8) is 0 Å². The topological polar surface area (TPSA) is 72.1 Å². The number of aromatic nitrogens is 3. The van der Waals surface area contributed by atoms with Crippen LogP contribution in [-0.2, 0) is 4.79 Å². The van der Waals surface area contributed by atoms with Crippen LogP contribution in [0.4, 0.5) is 0 Å². The van der Waals surface area contributed by atoms with Crippen LogP contribution in [0, 0.1) is 6.92 Å². The van der Waals surface area contributed by atoms with Crippen molar-refractivity contribution in [3.05, 3.63) is 54.0 Å². The molecule has 0 bridgehead atoms.